The fourth-order valence-corrected chi connectivity index (χ4v) is 3.24. The maximum absolute atomic E-state index is 12.1. The van der Waals surface area contributed by atoms with E-state index in [9.17, 15) is 4.79 Å². The first-order chi connectivity index (χ1) is 8.67. The Hall–Kier alpha value is -1.36. The van der Waals surface area contributed by atoms with E-state index < -0.39 is 0 Å². The van der Waals surface area contributed by atoms with E-state index in [4.69, 9.17) is 4.74 Å². The molecule has 1 aliphatic carbocycles. The Labute approximate surface area is 112 Å². The molecule has 0 bridgehead atoms. The fourth-order valence-electron chi connectivity index (χ4n) is 2.77. The van der Waals surface area contributed by atoms with Gasteiger partial charge in [0.2, 0.25) is 5.91 Å². The third-order valence-corrected chi connectivity index (χ3v) is 4.28. The molecule has 1 aliphatic heterocycles. The van der Waals surface area contributed by atoms with Crippen LogP contribution in [0.2, 0.25) is 0 Å². The molecule has 1 amide bonds. The Morgan fingerprint density at radius 1 is 1.39 bits per heavy atom. The number of thiol groups is 1. The molecule has 1 saturated carbocycles. The van der Waals surface area contributed by atoms with Crippen molar-refractivity contribution in [3.63, 3.8) is 0 Å². The molecule has 96 valence electrons. The first-order valence-electron chi connectivity index (χ1n) is 6.10. The summed E-state index contributed by atoms with van der Waals surface area (Å²) in [6.07, 6.45) is 2.91. The summed E-state index contributed by atoms with van der Waals surface area (Å²) in [6.45, 7) is 0. The zero-order chi connectivity index (χ0) is 12.8. The van der Waals surface area contributed by atoms with E-state index in [1.54, 1.807) is 7.11 Å². The summed E-state index contributed by atoms with van der Waals surface area (Å²) < 4.78 is 5.15. The van der Waals surface area contributed by atoms with Crippen LogP contribution in [-0.2, 0) is 4.79 Å². The van der Waals surface area contributed by atoms with Crippen molar-refractivity contribution in [2.24, 2.45) is 0 Å². The standard InChI is InChI=1S/C13H16N2O2S/c1-17-10-5-3-9(4-6-10)15-12(18)14-11(16)13(15)7-2-8-13/h3-6,12,18H,2,7-8H2,1H3,(H,14,16). The molecular formula is C13H16N2O2S. The van der Waals surface area contributed by atoms with Crippen molar-refractivity contribution in [1.29, 1.82) is 0 Å². The number of anilines is 1. The Bertz CT molecular complexity index is 470. The van der Waals surface area contributed by atoms with Gasteiger partial charge in [0, 0.05) is 5.69 Å². The van der Waals surface area contributed by atoms with Gasteiger partial charge in [0.25, 0.3) is 0 Å². The summed E-state index contributed by atoms with van der Waals surface area (Å²) >= 11 is 4.47. The third-order valence-electron chi connectivity index (χ3n) is 3.92. The van der Waals surface area contributed by atoms with Crippen LogP contribution in [0.5, 0.6) is 5.75 Å². The van der Waals surface area contributed by atoms with Crippen molar-refractivity contribution >= 4 is 24.2 Å². The van der Waals surface area contributed by atoms with Gasteiger partial charge in [-0.15, -0.1) is 12.6 Å². The van der Waals surface area contributed by atoms with E-state index in [2.05, 4.69) is 22.8 Å². The third kappa shape index (κ3) is 1.50. The van der Waals surface area contributed by atoms with Gasteiger partial charge in [0.1, 0.15) is 16.8 Å². The molecule has 5 heteroatoms. The highest BCUT2D eigenvalue weighted by Crippen LogP contribution is 2.45. The van der Waals surface area contributed by atoms with Crippen LogP contribution in [0.15, 0.2) is 24.3 Å². The topological polar surface area (TPSA) is 41.6 Å². The summed E-state index contributed by atoms with van der Waals surface area (Å²) in [6, 6.07) is 7.76. The average molecular weight is 264 g/mol. The van der Waals surface area contributed by atoms with Crippen molar-refractivity contribution in [2.75, 3.05) is 12.0 Å². The number of rotatable bonds is 2. The number of carbonyl (C=O) groups excluding carboxylic acids is 1. The van der Waals surface area contributed by atoms with Crippen molar-refractivity contribution in [3.05, 3.63) is 24.3 Å². The quantitative estimate of drug-likeness (QED) is 0.800. The average Bonchev–Trinajstić information content (AvgIpc) is 2.60. The van der Waals surface area contributed by atoms with Gasteiger partial charge in [-0.25, -0.2) is 0 Å². The Kier molecular flexibility index (Phi) is 2.66. The molecule has 1 aromatic rings. The Morgan fingerprint density at radius 2 is 2.06 bits per heavy atom. The highest BCUT2D eigenvalue weighted by atomic mass is 32.1. The van der Waals surface area contributed by atoms with Crippen molar-refractivity contribution in [1.82, 2.24) is 5.32 Å². The van der Waals surface area contributed by atoms with Crippen LogP contribution < -0.4 is 15.0 Å². The van der Waals surface area contributed by atoms with Gasteiger partial charge in [-0.05, 0) is 43.5 Å². The monoisotopic (exact) mass is 264 g/mol. The van der Waals surface area contributed by atoms with Gasteiger partial charge in [-0.3, -0.25) is 4.79 Å². The van der Waals surface area contributed by atoms with Crippen molar-refractivity contribution in [3.8, 4) is 5.75 Å². The molecule has 3 rings (SSSR count). The number of ether oxygens (including phenoxy) is 1. The lowest BCUT2D eigenvalue weighted by molar-refractivity contribution is -0.126. The van der Waals surface area contributed by atoms with Gasteiger partial charge >= 0.3 is 0 Å². The minimum absolute atomic E-state index is 0.101. The van der Waals surface area contributed by atoms with Gasteiger partial charge in [-0.1, -0.05) is 0 Å². The van der Waals surface area contributed by atoms with Crippen LogP contribution in [0, 0.1) is 0 Å². The second kappa shape index (κ2) is 4.09. The molecule has 4 nitrogen and oxygen atoms in total. The van der Waals surface area contributed by atoms with Crippen molar-refractivity contribution in [2.45, 2.75) is 30.3 Å². The molecule has 1 aromatic carbocycles. The van der Waals surface area contributed by atoms with E-state index in [-0.39, 0.29) is 16.9 Å². The Balaban J connectivity index is 1.95. The van der Waals surface area contributed by atoms with Crippen LogP contribution in [0.3, 0.4) is 0 Å². The minimum Gasteiger partial charge on any atom is -0.497 e. The van der Waals surface area contributed by atoms with Gasteiger partial charge in [-0.2, -0.15) is 0 Å². The van der Waals surface area contributed by atoms with Gasteiger partial charge in [0.05, 0.1) is 7.11 Å². The van der Waals surface area contributed by atoms with E-state index in [0.29, 0.717) is 0 Å². The number of methoxy groups -OCH3 is 1. The molecule has 2 fully saturated rings. The summed E-state index contributed by atoms with van der Waals surface area (Å²) in [5.41, 5.74) is 0.390. The van der Waals surface area contributed by atoms with Crippen LogP contribution in [0.25, 0.3) is 0 Å². The number of benzene rings is 1. The van der Waals surface area contributed by atoms with E-state index >= 15 is 0 Å². The first-order valence-corrected chi connectivity index (χ1v) is 6.61. The predicted molar refractivity (Wildman–Crippen MR) is 73.0 cm³/mol. The molecule has 1 heterocycles. The van der Waals surface area contributed by atoms with E-state index in [0.717, 1.165) is 30.7 Å². The maximum atomic E-state index is 12.1. The predicted octanol–water partition coefficient (Wildman–Crippen LogP) is 1.77. The number of hydrogen-bond acceptors (Lipinski definition) is 4. The molecule has 2 aliphatic rings. The minimum atomic E-state index is -0.374. The maximum Gasteiger partial charge on any atom is 0.248 e. The normalized spacial score (nSPS) is 24.9. The zero-order valence-electron chi connectivity index (χ0n) is 10.2. The van der Waals surface area contributed by atoms with Crippen molar-refractivity contribution < 1.29 is 9.53 Å². The van der Waals surface area contributed by atoms with E-state index in [1.165, 1.54) is 0 Å². The van der Waals surface area contributed by atoms with E-state index in [1.807, 2.05) is 24.3 Å². The largest absolute Gasteiger partial charge is 0.497 e. The molecule has 1 spiro atoms. The molecule has 18 heavy (non-hydrogen) atoms. The first kappa shape index (κ1) is 11.7. The fraction of sp³-hybridized carbons (Fsp3) is 0.462. The van der Waals surface area contributed by atoms with Gasteiger partial charge in [0.15, 0.2) is 0 Å². The molecular weight excluding hydrogens is 248 g/mol. The molecule has 0 radical (unpaired) electrons. The van der Waals surface area contributed by atoms with Gasteiger partial charge < -0.3 is 15.0 Å². The lowest BCUT2D eigenvalue weighted by Gasteiger charge is -2.44. The SMILES string of the molecule is COc1ccc(N2C(S)NC(=O)C23CCC3)cc1. The number of nitrogens with zero attached hydrogens (tertiary/aromatic N) is 1. The number of amides is 1. The lowest BCUT2D eigenvalue weighted by Crippen LogP contribution is -2.55. The summed E-state index contributed by atoms with van der Waals surface area (Å²) in [7, 11) is 1.64. The molecule has 1 atom stereocenters. The number of nitrogens with one attached hydrogen (secondary N) is 1. The second-order valence-electron chi connectivity index (χ2n) is 4.80. The van der Waals surface area contributed by atoms with Crippen LogP contribution in [0.4, 0.5) is 5.69 Å². The van der Waals surface area contributed by atoms with Crippen LogP contribution in [0.1, 0.15) is 19.3 Å². The highest BCUT2D eigenvalue weighted by molar-refractivity contribution is 7.81. The van der Waals surface area contributed by atoms with Crippen LogP contribution >= 0.6 is 12.6 Å². The molecule has 1 N–H and O–H groups in total. The Morgan fingerprint density at radius 3 is 2.56 bits per heavy atom. The summed E-state index contributed by atoms with van der Waals surface area (Å²) in [4.78, 5) is 14.2. The lowest BCUT2D eigenvalue weighted by atomic mass is 9.75. The van der Waals surface area contributed by atoms with Crippen LogP contribution in [-0.4, -0.2) is 24.1 Å². The number of hydrogen-bond donors (Lipinski definition) is 2. The number of carbonyl (C=O) groups is 1. The smallest absolute Gasteiger partial charge is 0.248 e. The highest BCUT2D eigenvalue weighted by Gasteiger charge is 2.55. The molecule has 0 aromatic heterocycles. The summed E-state index contributed by atoms with van der Waals surface area (Å²) in [5.74, 6) is 0.917. The second-order valence-corrected chi connectivity index (χ2v) is 5.29. The summed E-state index contributed by atoms with van der Waals surface area (Å²) in [5, 5.41) is 2.91. The zero-order valence-corrected chi connectivity index (χ0v) is 11.1. The molecule has 1 unspecified atom stereocenters. The molecule has 1 saturated heterocycles.